The molecule has 0 aromatic rings. The molecule has 0 aromatic heterocycles. The molecule has 0 bridgehead atoms. The fourth-order valence-corrected chi connectivity index (χ4v) is 0.965. The van der Waals surface area contributed by atoms with Gasteiger partial charge in [0.05, 0.1) is 6.10 Å². The molecule has 0 rings (SSSR count). The second kappa shape index (κ2) is 6.21. The smallest absolute Gasteiger partial charge is 0.0555 e. The SMILES string of the molecule is C=C(C)CCC(O)CCN(C)C. The van der Waals surface area contributed by atoms with E-state index in [1.807, 2.05) is 21.0 Å². The zero-order chi connectivity index (χ0) is 9.56. The Bertz CT molecular complexity index is 132. The van der Waals surface area contributed by atoms with Crippen LogP contribution in [-0.4, -0.2) is 36.8 Å². The summed E-state index contributed by atoms with van der Waals surface area (Å²) in [7, 11) is 4.04. The highest BCUT2D eigenvalue weighted by molar-refractivity contribution is 4.88. The molecular formula is C10H21NO. The zero-order valence-electron chi connectivity index (χ0n) is 8.51. The molecule has 1 atom stereocenters. The van der Waals surface area contributed by atoms with Crippen LogP contribution in [0.1, 0.15) is 26.2 Å². The van der Waals surface area contributed by atoms with Crippen LogP contribution in [0.15, 0.2) is 12.2 Å². The van der Waals surface area contributed by atoms with Crippen LogP contribution in [0.3, 0.4) is 0 Å². The van der Waals surface area contributed by atoms with E-state index >= 15 is 0 Å². The van der Waals surface area contributed by atoms with Crippen molar-refractivity contribution in [2.24, 2.45) is 0 Å². The highest BCUT2D eigenvalue weighted by atomic mass is 16.3. The summed E-state index contributed by atoms with van der Waals surface area (Å²) >= 11 is 0. The largest absolute Gasteiger partial charge is 0.393 e. The predicted octanol–water partition coefficient (Wildman–Crippen LogP) is 1.66. The molecule has 0 aliphatic rings. The predicted molar refractivity (Wildman–Crippen MR) is 53.2 cm³/mol. The molecular weight excluding hydrogens is 150 g/mol. The molecule has 0 aromatic carbocycles. The molecule has 0 spiro atoms. The quantitative estimate of drug-likeness (QED) is 0.614. The average Bonchev–Trinajstić information content (AvgIpc) is 1.96. The van der Waals surface area contributed by atoms with Crippen LogP contribution in [-0.2, 0) is 0 Å². The Hall–Kier alpha value is -0.340. The molecule has 0 amide bonds. The molecule has 0 saturated heterocycles. The van der Waals surface area contributed by atoms with E-state index in [4.69, 9.17) is 0 Å². The second-order valence-corrected chi connectivity index (χ2v) is 3.74. The third kappa shape index (κ3) is 7.76. The summed E-state index contributed by atoms with van der Waals surface area (Å²) in [6, 6.07) is 0. The maximum atomic E-state index is 9.48. The van der Waals surface area contributed by atoms with Crippen molar-refractivity contribution in [3.05, 3.63) is 12.2 Å². The third-order valence-electron chi connectivity index (χ3n) is 1.81. The van der Waals surface area contributed by atoms with Gasteiger partial charge in [-0.25, -0.2) is 0 Å². The van der Waals surface area contributed by atoms with E-state index in [0.29, 0.717) is 0 Å². The van der Waals surface area contributed by atoms with E-state index in [0.717, 1.165) is 31.4 Å². The normalized spacial score (nSPS) is 13.4. The van der Waals surface area contributed by atoms with Gasteiger partial charge in [-0.3, -0.25) is 0 Å². The van der Waals surface area contributed by atoms with Gasteiger partial charge in [0.2, 0.25) is 0 Å². The first kappa shape index (κ1) is 11.7. The molecule has 1 unspecified atom stereocenters. The van der Waals surface area contributed by atoms with Crippen LogP contribution in [0.25, 0.3) is 0 Å². The van der Waals surface area contributed by atoms with Crippen LogP contribution >= 0.6 is 0 Å². The number of hydrogen-bond donors (Lipinski definition) is 1. The second-order valence-electron chi connectivity index (χ2n) is 3.74. The minimum Gasteiger partial charge on any atom is -0.393 e. The van der Waals surface area contributed by atoms with Crippen LogP contribution in [0, 0.1) is 0 Å². The molecule has 72 valence electrons. The zero-order valence-corrected chi connectivity index (χ0v) is 8.51. The lowest BCUT2D eigenvalue weighted by Gasteiger charge is -2.13. The minimum atomic E-state index is -0.163. The van der Waals surface area contributed by atoms with Gasteiger partial charge in [-0.2, -0.15) is 0 Å². The Morgan fingerprint density at radius 3 is 2.42 bits per heavy atom. The summed E-state index contributed by atoms with van der Waals surface area (Å²) in [5, 5.41) is 9.48. The van der Waals surface area contributed by atoms with Crippen molar-refractivity contribution in [1.82, 2.24) is 4.90 Å². The molecule has 2 heteroatoms. The Balaban J connectivity index is 3.33. The van der Waals surface area contributed by atoms with Crippen molar-refractivity contribution in [3.63, 3.8) is 0 Å². The molecule has 0 fully saturated rings. The Morgan fingerprint density at radius 2 is 2.00 bits per heavy atom. The van der Waals surface area contributed by atoms with Gasteiger partial charge in [0, 0.05) is 0 Å². The highest BCUT2D eigenvalue weighted by Crippen LogP contribution is 2.07. The van der Waals surface area contributed by atoms with Crippen molar-refractivity contribution in [2.45, 2.75) is 32.3 Å². The van der Waals surface area contributed by atoms with Gasteiger partial charge in [0.25, 0.3) is 0 Å². The molecule has 1 N–H and O–H groups in total. The molecule has 0 saturated carbocycles. The number of aliphatic hydroxyl groups excluding tert-OH is 1. The first-order valence-electron chi connectivity index (χ1n) is 4.49. The lowest BCUT2D eigenvalue weighted by molar-refractivity contribution is 0.143. The summed E-state index contributed by atoms with van der Waals surface area (Å²) in [4.78, 5) is 2.09. The lowest BCUT2D eigenvalue weighted by atomic mass is 10.1. The van der Waals surface area contributed by atoms with Crippen molar-refractivity contribution in [1.29, 1.82) is 0 Å². The van der Waals surface area contributed by atoms with E-state index in [9.17, 15) is 5.11 Å². The number of rotatable bonds is 6. The summed E-state index contributed by atoms with van der Waals surface area (Å²) in [5.74, 6) is 0. The summed E-state index contributed by atoms with van der Waals surface area (Å²) in [6.45, 7) is 6.76. The topological polar surface area (TPSA) is 23.5 Å². The van der Waals surface area contributed by atoms with Crippen molar-refractivity contribution >= 4 is 0 Å². The first-order chi connectivity index (χ1) is 5.52. The Labute approximate surface area is 75.9 Å². The number of aliphatic hydroxyl groups is 1. The molecule has 12 heavy (non-hydrogen) atoms. The van der Waals surface area contributed by atoms with Gasteiger partial charge >= 0.3 is 0 Å². The summed E-state index contributed by atoms with van der Waals surface area (Å²) in [6.07, 6.45) is 2.49. The van der Waals surface area contributed by atoms with Crippen molar-refractivity contribution in [3.8, 4) is 0 Å². The summed E-state index contributed by atoms with van der Waals surface area (Å²) < 4.78 is 0. The van der Waals surface area contributed by atoms with E-state index < -0.39 is 0 Å². The van der Waals surface area contributed by atoms with E-state index in [-0.39, 0.29) is 6.10 Å². The van der Waals surface area contributed by atoms with E-state index in [1.54, 1.807) is 0 Å². The van der Waals surface area contributed by atoms with Gasteiger partial charge < -0.3 is 10.0 Å². The number of allylic oxidation sites excluding steroid dienone is 1. The highest BCUT2D eigenvalue weighted by Gasteiger charge is 2.03. The molecule has 0 aliphatic heterocycles. The minimum absolute atomic E-state index is 0.163. The van der Waals surface area contributed by atoms with Crippen LogP contribution in [0.5, 0.6) is 0 Å². The van der Waals surface area contributed by atoms with Gasteiger partial charge in [0.15, 0.2) is 0 Å². The van der Waals surface area contributed by atoms with E-state index in [2.05, 4.69) is 11.5 Å². The third-order valence-corrected chi connectivity index (χ3v) is 1.81. The van der Waals surface area contributed by atoms with E-state index in [1.165, 1.54) is 0 Å². The molecule has 2 nitrogen and oxygen atoms in total. The molecule has 0 aliphatic carbocycles. The van der Waals surface area contributed by atoms with Crippen molar-refractivity contribution < 1.29 is 5.11 Å². The lowest BCUT2D eigenvalue weighted by Crippen LogP contribution is -2.19. The fraction of sp³-hybridized carbons (Fsp3) is 0.800. The van der Waals surface area contributed by atoms with Gasteiger partial charge in [-0.1, -0.05) is 5.57 Å². The first-order valence-corrected chi connectivity index (χ1v) is 4.49. The maximum absolute atomic E-state index is 9.48. The molecule has 0 heterocycles. The molecule has 0 radical (unpaired) electrons. The standard InChI is InChI=1S/C10H21NO/c1-9(2)5-6-10(12)7-8-11(3)4/h10,12H,1,5-8H2,2-4H3. The number of hydrogen-bond acceptors (Lipinski definition) is 2. The van der Waals surface area contributed by atoms with Crippen molar-refractivity contribution in [2.75, 3.05) is 20.6 Å². The van der Waals surface area contributed by atoms with Crippen LogP contribution in [0.4, 0.5) is 0 Å². The average molecular weight is 171 g/mol. The fourth-order valence-electron chi connectivity index (χ4n) is 0.965. The van der Waals surface area contributed by atoms with Crippen LogP contribution in [0.2, 0.25) is 0 Å². The Morgan fingerprint density at radius 1 is 1.42 bits per heavy atom. The monoisotopic (exact) mass is 171 g/mol. The summed E-state index contributed by atoms with van der Waals surface area (Å²) in [5.41, 5.74) is 1.15. The Kier molecular flexibility index (Phi) is 6.03. The van der Waals surface area contributed by atoms with Gasteiger partial charge in [-0.15, -0.1) is 6.58 Å². The van der Waals surface area contributed by atoms with Crippen LogP contribution < -0.4 is 0 Å². The maximum Gasteiger partial charge on any atom is 0.0555 e. The van der Waals surface area contributed by atoms with Gasteiger partial charge in [-0.05, 0) is 46.8 Å². The number of nitrogens with zero attached hydrogens (tertiary/aromatic N) is 1. The van der Waals surface area contributed by atoms with Gasteiger partial charge in [0.1, 0.15) is 0 Å².